The van der Waals surface area contributed by atoms with Gasteiger partial charge in [0, 0.05) is 12.2 Å². The molecular formula is C26H27N5O. The van der Waals surface area contributed by atoms with E-state index >= 15 is 0 Å². The van der Waals surface area contributed by atoms with Crippen LogP contribution < -0.4 is 9.64 Å². The van der Waals surface area contributed by atoms with Crippen LogP contribution in [0, 0.1) is 6.92 Å². The van der Waals surface area contributed by atoms with Gasteiger partial charge in [-0.3, -0.25) is 0 Å². The van der Waals surface area contributed by atoms with E-state index in [2.05, 4.69) is 88.0 Å². The number of ether oxygens (including phenoxy) is 1. The number of fused-ring (bicyclic) bond motifs is 1. The van der Waals surface area contributed by atoms with Gasteiger partial charge in [-0.15, -0.1) is 5.10 Å². The zero-order chi connectivity index (χ0) is 21.9. The molecule has 1 aliphatic heterocycles. The van der Waals surface area contributed by atoms with Crippen molar-refractivity contribution in [3.05, 3.63) is 101 Å². The van der Waals surface area contributed by atoms with Gasteiger partial charge in [-0.1, -0.05) is 60.2 Å². The summed E-state index contributed by atoms with van der Waals surface area (Å²) in [4.78, 5) is 2.46. The van der Waals surface area contributed by atoms with E-state index in [1.165, 1.54) is 22.4 Å². The molecule has 1 atom stereocenters. The fourth-order valence-electron chi connectivity index (χ4n) is 4.47. The number of nitrogens with zero attached hydrogens (tertiary/aromatic N) is 5. The second-order valence-corrected chi connectivity index (χ2v) is 8.28. The smallest absolute Gasteiger partial charge is 0.178 e. The lowest BCUT2D eigenvalue weighted by molar-refractivity contribution is 0.414. The van der Waals surface area contributed by atoms with Crippen LogP contribution in [0.15, 0.2) is 72.8 Å². The number of anilines is 1. The molecule has 6 heteroatoms. The van der Waals surface area contributed by atoms with Gasteiger partial charge in [0.2, 0.25) is 0 Å². The Morgan fingerprint density at radius 3 is 2.53 bits per heavy atom. The highest BCUT2D eigenvalue weighted by atomic mass is 16.5. The lowest BCUT2D eigenvalue weighted by Crippen LogP contribution is -2.36. The predicted octanol–water partition coefficient (Wildman–Crippen LogP) is 4.58. The standard InChI is InChI=1S/C26H27N5O/c1-19-9-13-22(14-10-19)25(30-17-5-7-21-6-3-4-8-24(21)30)26-27-28-29-31(26)18-20-11-15-23(32-2)16-12-20/h3-4,6,8-16,25H,5,7,17-18H2,1-2H3/t25-/m1/s1. The SMILES string of the molecule is COc1ccc(Cn2nnnc2[C@@H](c2ccc(C)cc2)N2CCCc3ccccc32)cc1. The molecule has 0 fully saturated rings. The average molecular weight is 426 g/mol. The summed E-state index contributed by atoms with van der Waals surface area (Å²) in [6, 6.07) is 25.4. The van der Waals surface area contributed by atoms with E-state index in [0.717, 1.165) is 36.5 Å². The highest BCUT2D eigenvalue weighted by Crippen LogP contribution is 2.37. The summed E-state index contributed by atoms with van der Waals surface area (Å²) >= 11 is 0. The van der Waals surface area contributed by atoms with Crippen molar-refractivity contribution in [2.24, 2.45) is 0 Å². The first kappa shape index (κ1) is 20.2. The first-order valence-corrected chi connectivity index (χ1v) is 11.0. The number of methoxy groups -OCH3 is 1. The molecular weight excluding hydrogens is 398 g/mol. The van der Waals surface area contributed by atoms with Gasteiger partial charge >= 0.3 is 0 Å². The number of para-hydroxylation sites is 1. The maximum absolute atomic E-state index is 5.29. The van der Waals surface area contributed by atoms with E-state index in [4.69, 9.17) is 4.74 Å². The first-order chi connectivity index (χ1) is 15.7. The van der Waals surface area contributed by atoms with E-state index in [0.29, 0.717) is 6.54 Å². The molecule has 0 bridgehead atoms. The summed E-state index contributed by atoms with van der Waals surface area (Å²) in [7, 11) is 1.68. The molecule has 1 aliphatic rings. The summed E-state index contributed by atoms with van der Waals surface area (Å²) in [5.41, 5.74) is 6.21. The number of tetrazole rings is 1. The number of rotatable bonds is 6. The van der Waals surface area contributed by atoms with E-state index in [-0.39, 0.29) is 6.04 Å². The van der Waals surface area contributed by atoms with Crippen molar-refractivity contribution in [2.75, 3.05) is 18.6 Å². The molecule has 0 unspecified atom stereocenters. The fourth-order valence-corrected chi connectivity index (χ4v) is 4.47. The van der Waals surface area contributed by atoms with Crippen LogP contribution in [0.3, 0.4) is 0 Å². The first-order valence-electron chi connectivity index (χ1n) is 11.0. The second-order valence-electron chi connectivity index (χ2n) is 8.28. The molecule has 0 spiro atoms. The number of aromatic nitrogens is 4. The number of aryl methyl sites for hydroxylation is 2. The van der Waals surface area contributed by atoms with Crippen LogP contribution in [-0.2, 0) is 13.0 Å². The van der Waals surface area contributed by atoms with Crippen molar-refractivity contribution in [2.45, 2.75) is 32.4 Å². The van der Waals surface area contributed by atoms with Crippen LogP contribution >= 0.6 is 0 Å². The summed E-state index contributed by atoms with van der Waals surface area (Å²) in [5, 5.41) is 13.0. The highest BCUT2D eigenvalue weighted by molar-refractivity contribution is 5.58. The van der Waals surface area contributed by atoms with Crippen molar-refractivity contribution in [3.63, 3.8) is 0 Å². The van der Waals surface area contributed by atoms with Gasteiger partial charge in [0.15, 0.2) is 5.82 Å². The third-order valence-corrected chi connectivity index (χ3v) is 6.15. The lowest BCUT2D eigenvalue weighted by Gasteiger charge is -2.37. The van der Waals surface area contributed by atoms with E-state index in [1.807, 2.05) is 16.8 Å². The minimum absolute atomic E-state index is 0.0645. The fraction of sp³-hybridized carbons (Fsp3) is 0.269. The van der Waals surface area contributed by atoms with E-state index in [1.54, 1.807) is 7.11 Å². The molecule has 0 amide bonds. The summed E-state index contributed by atoms with van der Waals surface area (Å²) < 4.78 is 7.21. The third kappa shape index (κ3) is 3.96. The molecule has 0 radical (unpaired) electrons. The van der Waals surface area contributed by atoms with Crippen molar-refractivity contribution >= 4 is 5.69 Å². The molecule has 6 nitrogen and oxygen atoms in total. The quantitative estimate of drug-likeness (QED) is 0.453. The Morgan fingerprint density at radius 1 is 0.969 bits per heavy atom. The Balaban J connectivity index is 1.57. The zero-order valence-corrected chi connectivity index (χ0v) is 18.5. The molecule has 4 aromatic rings. The molecule has 0 saturated heterocycles. The Morgan fingerprint density at radius 2 is 1.75 bits per heavy atom. The Bertz CT molecular complexity index is 1180. The van der Waals surface area contributed by atoms with Crippen LogP contribution in [0.25, 0.3) is 0 Å². The van der Waals surface area contributed by atoms with Crippen LogP contribution in [0.5, 0.6) is 5.75 Å². The molecule has 5 rings (SSSR count). The number of hydrogen-bond acceptors (Lipinski definition) is 5. The van der Waals surface area contributed by atoms with Gasteiger partial charge in [0.1, 0.15) is 11.8 Å². The predicted molar refractivity (Wildman–Crippen MR) is 125 cm³/mol. The van der Waals surface area contributed by atoms with E-state index < -0.39 is 0 Å². The average Bonchev–Trinajstić information content (AvgIpc) is 3.29. The number of hydrogen-bond donors (Lipinski definition) is 0. The molecule has 2 heterocycles. The molecule has 3 aromatic carbocycles. The minimum atomic E-state index is -0.0645. The summed E-state index contributed by atoms with van der Waals surface area (Å²) in [6.45, 7) is 3.68. The van der Waals surface area contributed by atoms with Gasteiger partial charge in [-0.2, -0.15) is 0 Å². The number of benzene rings is 3. The summed E-state index contributed by atoms with van der Waals surface area (Å²) in [5.74, 6) is 1.69. The molecule has 32 heavy (non-hydrogen) atoms. The van der Waals surface area contributed by atoms with Gasteiger partial charge in [-0.25, -0.2) is 4.68 Å². The Kier molecular flexibility index (Phi) is 5.58. The second kappa shape index (κ2) is 8.83. The molecule has 1 aromatic heterocycles. The monoisotopic (exact) mass is 425 g/mol. The van der Waals surface area contributed by atoms with Crippen LogP contribution in [0.1, 0.15) is 40.5 Å². The van der Waals surface area contributed by atoms with Gasteiger partial charge in [0.25, 0.3) is 0 Å². The molecule has 0 saturated carbocycles. The Labute approximate surface area is 188 Å². The topological polar surface area (TPSA) is 56.1 Å². The van der Waals surface area contributed by atoms with Crippen molar-refractivity contribution in [3.8, 4) is 5.75 Å². The normalized spacial score (nSPS) is 14.1. The largest absolute Gasteiger partial charge is 0.497 e. The van der Waals surface area contributed by atoms with Crippen LogP contribution in [0.4, 0.5) is 5.69 Å². The van der Waals surface area contributed by atoms with Crippen LogP contribution in [0.2, 0.25) is 0 Å². The van der Waals surface area contributed by atoms with Gasteiger partial charge < -0.3 is 9.64 Å². The molecule has 0 aliphatic carbocycles. The summed E-state index contributed by atoms with van der Waals surface area (Å²) in [6.07, 6.45) is 2.21. The van der Waals surface area contributed by atoms with Crippen molar-refractivity contribution in [1.29, 1.82) is 0 Å². The van der Waals surface area contributed by atoms with Crippen molar-refractivity contribution in [1.82, 2.24) is 20.2 Å². The van der Waals surface area contributed by atoms with Crippen molar-refractivity contribution < 1.29 is 4.74 Å². The molecule has 0 N–H and O–H groups in total. The van der Waals surface area contributed by atoms with Gasteiger partial charge in [0.05, 0.1) is 13.7 Å². The zero-order valence-electron chi connectivity index (χ0n) is 18.5. The molecule has 162 valence electrons. The maximum atomic E-state index is 5.29. The Hall–Kier alpha value is -3.67. The van der Waals surface area contributed by atoms with Crippen LogP contribution in [-0.4, -0.2) is 33.9 Å². The maximum Gasteiger partial charge on any atom is 0.178 e. The highest BCUT2D eigenvalue weighted by Gasteiger charge is 2.31. The van der Waals surface area contributed by atoms with E-state index in [9.17, 15) is 0 Å². The lowest BCUT2D eigenvalue weighted by atomic mass is 9.96. The minimum Gasteiger partial charge on any atom is -0.497 e. The third-order valence-electron chi connectivity index (χ3n) is 6.15. The van der Waals surface area contributed by atoms with Gasteiger partial charge in [-0.05, 0) is 65.1 Å².